The molecule has 4 rings (SSSR count). The Kier molecular flexibility index (Phi) is 6.89. The molecular weight excluding hydrogens is 414 g/mol. The highest BCUT2D eigenvalue weighted by molar-refractivity contribution is 6.12. The van der Waals surface area contributed by atoms with E-state index in [1.54, 1.807) is 6.08 Å². The van der Waals surface area contributed by atoms with Gasteiger partial charge in [-0.05, 0) is 65.9 Å². The standard InChI is InChI=1S/C28H27NO4/c1-19(2)24-13-12-20(3)16-26(24)32-15-14-31-23-11-7-8-21(17-23)18-25-28(30)33-27(29-25)22-9-5-4-6-10-22/h4-13,16-19H,14-15H2,1-3H3/b25-18-. The van der Waals surface area contributed by atoms with Gasteiger partial charge in [-0.1, -0.05) is 56.3 Å². The van der Waals surface area contributed by atoms with E-state index >= 15 is 0 Å². The molecule has 0 amide bonds. The van der Waals surface area contributed by atoms with Crippen molar-refractivity contribution >= 4 is 17.9 Å². The van der Waals surface area contributed by atoms with Gasteiger partial charge in [-0.15, -0.1) is 0 Å². The van der Waals surface area contributed by atoms with Crippen LogP contribution in [-0.4, -0.2) is 25.1 Å². The molecule has 0 radical (unpaired) electrons. The number of ether oxygens (including phenoxy) is 3. The van der Waals surface area contributed by atoms with Crippen LogP contribution in [0.1, 0.15) is 42.0 Å². The SMILES string of the molecule is Cc1ccc(C(C)C)c(OCCOc2cccc(/C=C3\N=C(c4ccccc4)OC3=O)c2)c1. The zero-order chi connectivity index (χ0) is 23.2. The minimum atomic E-state index is -0.465. The molecular formula is C28H27NO4. The van der Waals surface area contributed by atoms with Gasteiger partial charge in [-0.25, -0.2) is 9.79 Å². The van der Waals surface area contributed by atoms with Crippen molar-refractivity contribution < 1.29 is 19.0 Å². The first-order valence-corrected chi connectivity index (χ1v) is 11.0. The van der Waals surface area contributed by atoms with Gasteiger partial charge in [0.25, 0.3) is 0 Å². The fourth-order valence-corrected chi connectivity index (χ4v) is 3.52. The summed E-state index contributed by atoms with van der Waals surface area (Å²) in [5, 5.41) is 0. The maximum atomic E-state index is 12.2. The molecule has 0 aromatic heterocycles. The summed E-state index contributed by atoms with van der Waals surface area (Å²) in [5.74, 6) is 1.83. The van der Waals surface area contributed by atoms with Gasteiger partial charge in [0.1, 0.15) is 24.7 Å². The zero-order valence-corrected chi connectivity index (χ0v) is 19.1. The number of benzene rings is 3. The monoisotopic (exact) mass is 441 g/mol. The molecule has 0 spiro atoms. The number of nitrogens with zero attached hydrogens (tertiary/aromatic N) is 1. The Balaban J connectivity index is 1.38. The van der Waals surface area contributed by atoms with Crippen LogP contribution in [0.3, 0.4) is 0 Å². The highest BCUT2D eigenvalue weighted by Gasteiger charge is 2.23. The van der Waals surface area contributed by atoms with Crippen molar-refractivity contribution in [3.8, 4) is 11.5 Å². The summed E-state index contributed by atoms with van der Waals surface area (Å²) >= 11 is 0. The van der Waals surface area contributed by atoms with Crippen LogP contribution in [0.15, 0.2) is 83.5 Å². The first kappa shape index (κ1) is 22.3. The highest BCUT2D eigenvalue weighted by atomic mass is 16.6. The summed E-state index contributed by atoms with van der Waals surface area (Å²) in [4.78, 5) is 16.6. The van der Waals surface area contributed by atoms with Crippen molar-refractivity contribution in [3.05, 3.63) is 101 Å². The van der Waals surface area contributed by atoms with E-state index in [-0.39, 0.29) is 5.70 Å². The molecule has 5 nitrogen and oxygen atoms in total. The Bertz CT molecular complexity index is 1200. The Morgan fingerprint density at radius 2 is 1.73 bits per heavy atom. The summed E-state index contributed by atoms with van der Waals surface area (Å²) in [7, 11) is 0. The molecule has 0 saturated carbocycles. The Morgan fingerprint density at radius 1 is 0.939 bits per heavy atom. The zero-order valence-electron chi connectivity index (χ0n) is 19.1. The summed E-state index contributed by atoms with van der Waals surface area (Å²) in [5.41, 5.74) is 4.18. The molecule has 0 saturated heterocycles. The maximum Gasteiger partial charge on any atom is 0.363 e. The molecule has 3 aromatic rings. The van der Waals surface area contributed by atoms with Gasteiger partial charge in [0.05, 0.1) is 0 Å². The smallest absolute Gasteiger partial charge is 0.363 e. The molecule has 0 bridgehead atoms. The third-order valence-corrected chi connectivity index (χ3v) is 5.20. The largest absolute Gasteiger partial charge is 0.490 e. The molecule has 0 atom stereocenters. The number of cyclic esters (lactones) is 1. The average molecular weight is 442 g/mol. The van der Waals surface area contributed by atoms with E-state index in [1.165, 1.54) is 11.1 Å². The molecule has 33 heavy (non-hydrogen) atoms. The maximum absolute atomic E-state index is 12.2. The first-order chi connectivity index (χ1) is 16.0. The van der Waals surface area contributed by atoms with E-state index in [9.17, 15) is 4.79 Å². The summed E-state index contributed by atoms with van der Waals surface area (Å²) in [6, 6.07) is 23.1. The van der Waals surface area contributed by atoms with E-state index in [1.807, 2.05) is 54.6 Å². The van der Waals surface area contributed by atoms with Gasteiger partial charge in [-0.2, -0.15) is 0 Å². The van der Waals surface area contributed by atoms with E-state index < -0.39 is 5.97 Å². The number of rotatable bonds is 8. The predicted molar refractivity (Wildman–Crippen MR) is 130 cm³/mol. The van der Waals surface area contributed by atoms with Crippen molar-refractivity contribution in [2.75, 3.05) is 13.2 Å². The van der Waals surface area contributed by atoms with Crippen molar-refractivity contribution in [1.29, 1.82) is 0 Å². The fourth-order valence-electron chi connectivity index (χ4n) is 3.52. The number of aryl methyl sites for hydroxylation is 1. The number of aliphatic imine (C=N–C) groups is 1. The molecule has 5 heteroatoms. The van der Waals surface area contributed by atoms with E-state index in [2.05, 4.69) is 44.0 Å². The van der Waals surface area contributed by atoms with Crippen molar-refractivity contribution in [3.63, 3.8) is 0 Å². The van der Waals surface area contributed by atoms with Gasteiger partial charge in [0.15, 0.2) is 5.70 Å². The first-order valence-electron chi connectivity index (χ1n) is 11.0. The number of carbonyl (C=O) groups is 1. The molecule has 3 aromatic carbocycles. The number of carbonyl (C=O) groups excluding carboxylic acids is 1. The lowest BCUT2D eigenvalue weighted by Crippen LogP contribution is -2.10. The average Bonchev–Trinajstić information content (AvgIpc) is 3.17. The third kappa shape index (κ3) is 5.69. The van der Waals surface area contributed by atoms with Crippen LogP contribution in [0.25, 0.3) is 6.08 Å². The summed E-state index contributed by atoms with van der Waals surface area (Å²) in [6.07, 6.45) is 1.70. The lowest BCUT2D eigenvalue weighted by Gasteiger charge is -2.15. The third-order valence-electron chi connectivity index (χ3n) is 5.20. The van der Waals surface area contributed by atoms with Gasteiger partial charge in [0.2, 0.25) is 5.90 Å². The van der Waals surface area contributed by atoms with Gasteiger partial charge < -0.3 is 14.2 Å². The Hall–Kier alpha value is -3.86. The van der Waals surface area contributed by atoms with Crippen LogP contribution in [0, 0.1) is 6.92 Å². The highest BCUT2D eigenvalue weighted by Crippen LogP contribution is 2.27. The second-order valence-corrected chi connectivity index (χ2v) is 8.17. The summed E-state index contributed by atoms with van der Waals surface area (Å²) in [6.45, 7) is 7.21. The molecule has 1 aliphatic rings. The Labute approximate surface area is 194 Å². The second kappa shape index (κ2) is 10.2. The number of hydrogen-bond acceptors (Lipinski definition) is 5. The van der Waals surface area contributed by atoms with Crippen molar-refractivity contribution in [2.24, 2.45) is 4.99 Å². The molecule has 1 heterocycles. The minimum Gasteiger partial charge on any atom is -0.490 e. The molecule has 0 N–H and O–H groups in total. The van der Waals surface area contributed by atoms with Gasteiger partial charge >= 0.3 is 5.97 Å². The lowest BCUT2D eigenvalue weighted by atomic mass is 10.0. The molecule has 168 valence electrons. The van der Waals surface area contributed by atoms with Crippen molar-refractivity contribution in [1.82, 2.24) is 0 Å². The topological polar surface area (TPSA) is 57.1 Å². The molecule has 1 aliphatic heterocycles. The van der Waals surface area contributed by atoms with E-state index in [4.69, 9.17) is 14.2 Å². The van der Waals surface area contributed by atoms with Crippen LogP contribution in [-0.2, 0) is 9.53 Å². The van der Waals surface area contributed by atoms with Crippen LogP contribution >= 0.6 is 0 Å². The van der Waals surface area contributed by atoms with E-state index in [0.717, 1.165) is 16.9 Å². The van der Waals surface area contributed by atoms with Crippen LogP contribution in [0.2, 0.25) is 0 Å². The molecule has 0 unspecified atom stereocenters. The number of hydrogen-bond donors (Lipinski definition) is 0. The fraction of sp³-hybridized carbons (Fsp3) is 0.214. The van der Waals surface area contributed by atoms with Crippen molar-refractivity contribution in [2.45, 2.75) is 26.7 Å². The summed E-state index contributed by atoms with van der Waals surface area (Å²) < 4.78 is 17.2. The lowest BCUT2D eigenvalue weighted by molar-refractivity contribution is -0.129. The Morgan fingerprint density at radius 3 is 2.52 bits per heavy atom. The predicted octanol–water partition coefficient (Wildman–Crippen LogP) is 5.92. The normalized spacial score (nSPS) is 14.4. The van der Waals surface area contributed by atoms with Crippen LogP contribution in [0.4, 0.5) is 0 Å². The molecule has 0 fully saturated rings. The number of esters is 1. The molecule has 0 aliphatic carbocycles. The van der Waals surface area contributed by atoms with Crippen LogP contribution < -0.4 is 9.47 Å². The minimum absolute atomic E-state index is 0.259. The van der Waals surface area contributed by atoms with Crippen LogP contribution in [0.5, 0.6) is 11.5 Å². The quantitative estimate of drug-likeness (QED) is 0.247. The second-order valence-electron chi connectivity index (χ2n) is 8.17. The van der Waals surface area contributed by atoms with Gasteiger partial charge in [-0.3, -0.25) is 0 Å². The van der Waals surface area contributed by atoms with Gasteiger partial charge in [0, 0.05) is 5.56 Å². The van der Waals surface area contributed by atoms with E-state index in [0.29, 0.717) is 30.8 Å².